The molecule has 0 radical (unpaired) electrons. The zero-order valence-corrected chi connectivity index (χ0v) is 13.3. The highest BCUT2D eigenvalue weighted by atomic mass is 32.1. The predicted molar refractivity (Wildman–Crippen MR) is 86.1 cm³/mol. The minimum Gasteiger partial charge on any atom is -0.396 e. The molecule has 23 heavy (non-hydrogen) atoms. The van der Waals surface area contributed by atoms with E-state index < -0.39 is 5.82 Å². The van der Waals surface area contributed by atoms with Crippen LogP contribution in [-0.2, 0) is 0 Å². The number of amides is 1. The maximum Gasteiger partial charge on any atom is 0.253 e. The van der Waals surface area contributed by atoms with Crippen molar-refractivity contribution in [3.8, 4) is 0 Å². The average molecular weight is 335 g/mol. The number of carbonyl (C=O) groups is 1. The van der Waals surface area contributed by atoms with Crippen LogP contribution in [0.4, 0.5) is 4.39 Å². The normalized spacial score (nSPS) is 29.3. The van der Waals surface area contributed by atoms with Crippen LogP contribution in [-0.4, -0.2) is 33.6 Å². The molecule has 4 unspecified atom stereocenters. The molecule has 2 bridgehead atoms. The number of rotatable bonds is 3. The monoisotopic (exact) mass is 335 g/mol. The number of aromatic nitrogens is 2. The number of hydrogen-bond acceptors (Lipinski definition) is 3. The summed E-state index contributed by atoms with van der Waals surface area (Å²) >= 11 is 5.03. The third-order valence-electron chi connectivity index (χ3n) is 5.43. The maximum atomic E-state index is 13.8. The number of aliphatic hydroxyl groups excluding tert-OH is 1. The number of nitrogens with one attached hydrogen (secondary N) is 3. The smallest absolute Gasteiger partial charge is 0.253 e. The number of aromatic amines is 2. The van der Waals surface area contributed by atoms with E-state index in [0.29, 0.717) is 27.6 Å². The van der Waals surface area contributed by atoms with Gasteiger partial charge in [0.2, 0.25) is 0 Å². The summed E-state index contributed by atoms with van der Waals surface area (Å²) in [5, 5.41) is 12.6. The van der Waals surface area contributed by atoms with Gasteiger partial charge in [0.05, 0.1) is 16.6 Å². The molecule has 1 amide bonds. The lowest BCUT2D eigenvalue weighted by Gasteiger charge is -2.30. The van der Waals surface area contributed by atoms with Gasteiger partial charge in [-0.05, 0) is 55.4 Å². The molecule has 7 heteroatoms. The molecule has 122 valence electrons. The second-order valence-corrected chi connectivity index (χ2v) is 7.04. The number of benzene rings is 1. The quantitative estimate of drug-likeness (QED) is 0.651. The molecule has 4 atom stereocenters. The zero-order valence-electron chi connectivity index (χ0n) is 12.4. The second-order valence-electron chi connectivity index (χ2n) is 6.63. The summed E-state index contributed by atoms with van der Waals surface area (Å²) < 4.78 is 14.1. The van der Waals surface area contributed by atoms with Crippen LogP contribution in [0.5, 0.6) is 0 Å². The van der Waals surface area contributed by atoms with Crippen molar-refractivity contribution in [2.75, 3.05) is 6.61 Å². The fraction of sp³-hybridized carbons (Fsp3) is 0.500. The van der Waals surface area contributed by atoms with Crippen LogP contribution in [0, 0.1) is 28.3 Å². The van der Waals surface area contributed by atoms with Crippen molar-refractivity contribution in [1.82, 2.24) is 15.3 Å². The van der Waals surface area contributed by atoms with Gasteiger partial charge in [0, 0.05) is 18.6 Å². The van der Waals surface area contributed by atoms with Crippen molar-refractivity contribution in [1.29, 1.82) is 0 Å². The summed E-state index contributed by atoms with van der Waals surface area (Å²) in [4.78, 5) is 18.4. The van der Waals surface area contributed by atoms with E-state index in [0.717, 1.165) is 19.3 Å². The lowest BCUT2D eigenvalue weighted by Crippen LogP contribution is -2.45. The number of hydrogen-bond donors (Lipinski definition) is 4. The molecule has 2 saturated carbocycles. The summed E-state index contributed by atoms with van der Waals surface area (Å²) in [6.45, 7) is 0.0806. The summed E-state index contributed by atoms with van der Waals surface area (Å²) in [6, 6.07) is 2.50. The maximum absolute atomic E-state index is 13.8. The first kappa shape index (κ1) is 14.8. The van der Waals surface area contributed by atoms with Gasteiger partial charge in [-0.15, -0.1) is 0 Å². The van der Waals surface area contributed by atoms with Gasteiger partial charge in [-0.3, -0.25) is 4.79 Å². The van der Waals surface area contributed by atoms with Crippen molar-refractivity contribution in [2.45, 2.75) is 25.3 Å². The van der Waals surface area contributed by atoms with E-state index in [9.17, 15) is 14.3 Å². The van der Waals surface area contributed by atoms with E-state index in [1.165, 1.54) is 12.1 Å². The Bertz CT molecular complexity index is 830. The van der Waals surface area contributed by atoms with Gasteiger partial charge in [-0.2, -0.15) is 0 Å². The minimum absolute atomic E-state index is 0.0357. The number of H-pyrrole nitrogens is 2. The lowest BCUT2D eigenvalue weighted by molar-refractivity contribution is 0.0862. The number of aliphatic hydroxyl groups is 1. The first-order valence-corrected chi connectivity index (χ1v) is 8.31. The molecular weight excluding hydrogens is 317 g/mol. The van der Waals surface area contributed by atoms with Gasteiger partial charge in [0.1, 0.15) is 5.82 Å². The van der Waals surface area contributed by atoms with Gasteiger partial charge < -0.3 is 20.4 Å². The topological polar surface area (TPSA) is 80.9 Å². The zero-order chi connectivity index (χ0) is 16.1. The molecule has 1 aromatic carbocycles. The average Bonchev–Trinajstić information content (AvgIpc) is 3.19. The Morgan fingerprint density at radius 2 is 2.13 bits per heavy atom. The highest BCUT2D eigenvalue weighted by Crippen LogP contribution is 2.48. The molecule has 2 aliphatic carbocycles. The van der Waals surface area contributed by atoms with E-state index >= 15 is 0 Å². The Morgan fingerprint density at radius 1 is 1.35 bits per heavy atom. The van der Waals surface area contributed by atoms with Gasteiger partial charge in [-0.25, -0.2) is 4.39 Å². The van der Waals surface area contributed by atoms with Crippen molar-refractivity contribution in [2.24, 2.45) is 17.8 Å². The molecular formula is C16H18FN3O2S. The van der Waals surface area contributed by atoms with Crippen LogP contribution in [0.3, 0.4) is 0 Å². The van der Waals surface area contributed by atoms with Gasteiger partial charge >= 0.3 is 0 Å². The van der Waals surface area contributed by atoms with Crippen molar-refractivity contribution >= 4 is 29.2 Å². The summed E-state index contributed by atoms with van der Waals surface area (Å²) in [5.74, 6) is 0.192. The number of imidazole rings is 1. The van der Waals surface area contributed by atoms with Crippen molar-refractivity contribution < 1.29 is 14.3 Å². The molecule has 0 aliphatic heterocycles. The van der Waals surface area contributed by atoms with E-state index in [1.807, 2.05) is 0 Å². The molecule has 0 saturated heterocycles. The Hall–Kier alpha value is -1.73. The van der Waals surface area contributed by atoms with E-state index in [-0.39, 0.29) is 30.0 Å². The van der Waals surface area contributed by atoms with E-state index in [4.69, 9.17) is 12.2 Å². The highest BCUT2D eigenvalue weighted by Gasteiger charge is 2.47. The molecule has 4 N–H and O–H groups in total. The standard InChI is InChI=1S/C16H18FN3O2S/c17-9-4-10(14-12(5-9)18-16(23)20-14)15(22)19-13-8-2-1-7(3-8)11(13)6-21/h4-5,7-8,11,13,21H,1-3,6H2,(H,19,22)(H2,18,20,23). The number of fused-ring (bicyclic) bond motifs is 3. The Labute approximate surface area is 137 Å². The van der Waals surface area contributed by atoms with E-state index in [2.05, 4.69) is 15.3 Å². The van der Waals surface area contributed by atoms with Crippen LogP contribution < -0.4 is 5.32 Å². The molecule has 1 heterocycles. The SMILES string of the molecule is O=C(NC1C2CCC(C2)C1CO)c1cc(F)cc2[nH]c(=S)[nH]c12. The van der Waals surface area contributed by atoms with Crippen LogP contribution in [0.2, 0.25) is 0 Å². The molecule has 5 nitrogen and oxygen atoms in total. The van der Waals surface area contributed by atoms with Crippen molar-refractivity contribution in [3.05, 3.63) is 28.3 Å². The van der Waals surface area contributed by atoms with Crippen LogP contribution in [0.25, 0.3) is 11.0 Å². The first-order valence-electron chi connectivity index (χ1n) is 7.90. The van der Waals surface area contributed by atoms with Crippen LogP contribution >= 0.6 is 12.2 Å². The summed E-state index contributed by atoms with van der Waals surface area (Å²) in [7, 11) is 0. The number of carbonyl (C=O) groups excluding carboxylic acids is 1. The van der Waals surface area contributed by atoms with Crippen molar-refractivity contribution in [3.63, 3.8) is 0 Å². The Morgan fingerprint density at radius 3 is 2.91 bits per heavy atom. The van der Waals surface area contributed by atoms with Gasteiger partial charge in [-0.1, -0.05) is 0 Å². The minimum atomic E-state index is -0.487. The predicted octanol–water partition coefficient (Wildman–Crippen LogP) is 2.50. The van der Waals surface area contributed by atoms with Gasteiger partial charge in [0.15, 0.2) is 4.77 Å². The third-order valence-corrected chi connectivity index (χ3v) is 5.64. The number of halogens is 1. The Balaban J connectivity index is 1.66. The lowest BCUT2D eigenvalue weighted by atomic mass is 9.85. The molecule has 1 aromatic heterocycles. The highest BCUT2D eigenvalue weighted by molar-refractivity contribution is 7.71. The third kappa shape index (κ3) is 2.38. The van der Waals surface area contributed by atoms with E-state index in [1.54, 1.807) is 0 Å². The fourth-order valence-electron chi connectivity index (χ4n) is 4.41. The second kappa shape index (κ2) is 5.42. The molecule has 2 aliphatic rings. The first-order chi connectivity index (χ1) is 11.1. The van der Waals surface area contributed by atoms with Crippen LogP contribution in [0.1, 0.15) is 29.6 Å². The molecule has 2 aromatic rings. The molecule has 2 fully saturated rings. The fourth-order valence-corrected chi connectivity index (χ4v) is 4.63. The summed E-state index contributed by atoms with van der Waals surface area (Å²) in [6.07, 6.45) is 3.26. The summed E-state index contributed by atoms with van der Waals surface area (Å²) in [5.41, 5.74) is 1.23. The molecule has 0 spiro atoms. The molecule has 4 rings (SSSR count). The van der Waals surface area contributed by atoms with Crippen LogP contribution in [0.15, 0.2) is 12.1 Å². The Kier molecular flexibility index (Phi) is 3.50. The van der Waals surface area contributed by atoms with Gasteiger partial charge in [0.25, 0.3) is 5.91 Å². The largest absolute Gasteiger partial charge is 0.396 e.